The molecule has 72 heavy (non-hydrogen) atoms. The van der Waals surface area contributed by atoms with Gasteiger partial charge in [0.15, 0.2) is 18.6 Å². The first-order valence-corrected chi connectivity index (χ1v) is 25.1. The van der Waals surface area contributed by atoms with Crippen molar-refractivity contribution in [3.63, 3.8) is 0 Å². The molecule has 7 aromatic carbocycles. The van der Waals surface area contributed by atoms with Crippen LogP contribution in [0, 0.1) is 34.5 Å². The van der Waals surface area contributed by atoms with Crippen LogP contribution in [0.15, 0.2) is 207 Å². The molecule has 0 amide bonds. The third kappa shape index (κ3) is 10.4. The van der Waals surface area contributed by atoms with Crippen LogP contribution in [0.1, 0.15) is 58.3 Å². The van der Waals surface area contributed by atoms with E-state index in [0.29, 0.717) is 11.1 Å². The molecule has 0 spiro atoms. The molecule has 0 atom stereocenters. The number of benzene rings is 7. The monoisotopic (exact) mass is 943 g/mol. The van der Waals surface area contributed by atoms with E-state index in [9.17, 15) is 0 Å². The summed E-state index contributed by atoms with van der Waals surface area (Å²) in [6, 6.07) is 67.2. The molecule has 0 aliphatic heterocycles. The lowest BCUT2D eigenvalue weighted by Gasteiger charge is -2.16. The zero-order valence-corrected chi connectivity index (χ0v) is 42.3. The molecular formula is C69H66N3+3. The van der Waals surface area contributed by atoms with Gasteiger partial charge >= 0.3 is 0 Å². The number of hydrogen-bond donors (Lipinski definition) is 0. The van der Waals surface area contributed by atoms with Crippen molar-refractivity contribution in [1.29, 1.82) is 0 Å². The van der Waals surface area contributed by atoms with Crippen LogP contribution in [0.3, 0.4) is 0 Å². The summed E-state index contributed by atoms with van der Waals surface area (Å²) in [7, 11) is 5.93. The predicted octanol–water partition coefficient (Wildman–Crippen LogP) is 14.9. The average molecular weight is 943 g/mol. The van der Waals surface area contributed by atoms with Gasteiger partial charge in [0.05, 0.1) is 0 Å². The van der Waals surface area contributed by atoms with E-state index in [1.165, 1.54) is 77.9 Å². The number of rotatable bonds is 13. The first-order valence-electron chi connectivity index (χ1n) is 28.1. The van der Waals surface area contributed by atoms with Gasteiger partial charge < -0.3 is 0 Å². The van der Waals surface area contributed by atoms with Crippen LogP contribution in [-0.2, 0) is 46.8 Å². The molecule has 0 aliphatic carbocycles. The Morgan fingerprint density at radius 1 is 0.319 bits per heavy atom. The number of hydrogen-bond acceptors (Lipinski definition) is 0. The number of pyridine rings is 3. The van der Waals surface area contributed by atoms with E-state index in [-0.39, 0.29) is 0 Å². The molecule has 0 saturated carbocycles. The number of nitrogens with zero attached hydrogens (tertiary/aromatic N) is 3. The first-order chi connectivity index (χ1) is 37.4. The van der Waals surface area contributed by atoms with Gasteiger partial charge in [-0.1, -0.05) is 133 Å². The Labute approximate surface area is 436 Å². The lowest BCUT2D eigenvalue weighted by atomic mass is 9.89. The zero-order chi connectivity index (χ0) is 54.9. The van der Waals surface area contributed by atoms with Gasteiger partial charge in [-0.05, 0) is 174 Å². The molecular weight excluding hydrogens is 871 g/mol. The van der Waals surface area contributed by atoms with Gasteiger partial charge in [0.2, 0.25) is 17.1 Å². The van der Waals surface area contributed by atoms with Crippen molar-refractivity contribution in [2.75, 3.05) is 0 Å². The number of aryl methyl sites for hydroxylation is 12. The summed E-state index contributed by atoms with van der Waals surface area (Å²) in [4.78, 5) is 0. The lowest BCUT2D eigenvalue weighted by Crippen LogP contribution is -2.31. The molecule has 0 fully saturated rings. The largest absolute Gasteiger partial charge is 0.213 e. The van der Waals surface area contributed by atoms with E-state index < -0.39 is 13.7 Å². The van der Waals surface area contributed by atoms with Gasteiger partial charge in [-0.3, -0.25) is 0 Å². The zero-order valence-electron chi connectivity index (χ0n) is 48.3. The third-order valence-corrected chi connectivity index (χ3v) is 14.4. The molecule has 3 heteroatoms. The molecule has 10 aromatic rings. The summed E-state index contributed by atoms with van der Waals surface area (Å²) >= 11 is 0. The fraction of sp³-hybridized carbons (Fsp3) is 0.174. The summed E-state index contributed by atoms with van der Waals surface area (Å²) in [6.07, 6.45) is 9.02. The highest BCUT2D eigenvalue weighted by atomic mass is 14.9. The van der Waals surface area contributed by atoms with Gasteiger partial charge in [-0.25, -0.2) is 13.7 Å². The normalized spacial score (nSPS) is 12.9. The minimum atomic E-state index is -2.16. The van der Waals surface area contributed by atoms with Crippen molar-refractivity contribution >= 4 is 0 Å². The van der Waals surface area contributed by atoms with Gasteiger partial charge in [-0.2, -0.15) is 0 Å². The van der Waals surface area contributed by atoms with E-state index in [1.807, 2.05) is 35.4 Å². The Morgan fingerprint density at radius 3 is 1.31 bits per heavy atom. The molecule has 10 rings (SSSR count). The van der Waals surface area contributed by atoms with Gasteiger partial charge in [0, 0.05) is 60.3 Å². The average Bonchev–Trinajstić information content (AvgIpc) is 3.52. The van der Waals surface area contributed by atoms with E-state index >= 15 is 0 Å². The summed E-state index contributed by atoms with van der Waals surface area (Å²) in [5.41, 5.74) is 25.2. The van der Waals surface area contributed by atoms with Crippen molar-refractivity contribution in [3.8, 4) is 78.3 Å². The predicted molar refractivity (Wildman–Crippen MR) is 299 cm³/mol. The molecule has 0 bridgehead atoms. The molecule has 354 valence electrons. The molecule has 0 saturated heterocycles. The first kappa shape index (κ1) is 40.7. The third-order valence-electron chi connectivity index (χ3n) is 14.4. The van der Waals surface area contributed by atoms with Crippen LogP contribution in [0.4, 0.5) is 0 Å². The maximum Gasteiger partial charge on any atom is 0.213 e. The molecule has 0 N–H and O–H groups in total. The topological polar surface area (TPSA) is 11.6 Å². The second kappa shape index (κ2) is 20.8. The maximum atomic E-state index is 7.89. The second-order valence-corrected chi connectivity index (χ2v) is 19.6. The van der Waals surface area contributed by atoms with Gasteiger partial charge in [-0.15, -0.1) is 0 Å². The highest BCUT2D eigenvalue weighted by Crippen LogP contribution is 2.37. The maximum absolute atomic E-state index is 7.89. The summed E-state index contributed by atoms with van der Waals surface area (Å²) < 4.78 is 53.4. The van der Waals surface area contributed by atoms with Gasteiger partial charge in [0.25, 0.3) is 0 Å². The Kier molecular flexibility index (Phi) is 11.7. The molecule has 0 aliphatic rings. The van der Waals surface area contributed by atoms with Crippen molar-refractivity contribution in [2.24, 2.45) is 21.1 Å². The Morgan fingerprint density at radius 2 is 0.778 bits per heavy atom. The SMILES string of the molecule is [2H]C([2H])([2H])c1ccc(-c2ccc(CCc3cc(CCc4ccc(-c5ccc(C([2H])([2H])[2H])c[n+]5C)c(C)c4)cc(-c4ccccc4-c4ccc(-c5cc(-c6ccc(-c7ccccc7)cc6)cc[n+]5C)c(C)c4)c3)cc2C)[n+](C)c1. The fourth-order valence-corrected chi connectivity index (χ4v) is 10.5. The van der Waals surface area contributed by atoms with Crippen LogP contribution < -0.4 is 13.7 Å². The van der Waals surface area contributed by atoms with Crippen LogP contribution >= 0.6 is 0 Å². The summed E-state index contributed by atoms with van der Waals surface area (Å²) in [5.74, 6) is 0. The highest BCUT2D eigenvalue weighted by molar-refractivity contribution is 5.85. The Balaban J connectivity index is 0.948. The smallest absolute Gasteiger partial charge is 0.201 e. The molecule has 0 radical (unpaired) electrons. The van der Waals surface area contributed by atoms with Crippen molar-refractivity contribution in [3.05, 3.63) is 257 Å². The summed E-state index contributed by atoms with van der Waals surface area (Å²) in [6.45, 7) is 2.17. The Hall–Kier alpha value is -8.01. The van der Waals surface area contributed by atoms with E-state index in [0.717, 1.165) is 65.0 Å². The Bertz CT molecular complexity index is 3700. The van der Waals surface area contributed by atoms with Crippen LogP contribution in [0.25, 0.3) is 78.3 Å². The fourth-order valence-electron chi connectivity index (χ4n) is 10.5. The van der Waals surface area contributed by atoms with E-state index in [4.69, 9.17) is 8.22 Å². The van der Waals surface area contributed by atoms with Crippen molar-refractivity contribution < 1.29 is 21.9 Å². The van der Waals surface area contributed by atoms with Crippen LogP contribution in [0.5, 0.6) is 0 Å². The second-order valence-electron chi connectivity index (χ2n) is 19.6. The lowest BCUT2D eigenvalue weighted by molar-refractivity contribution is -0.660. The van der Waals surface area contributed by atoms with E-state index in [1.54, 1.807) is 24.5 Å². The van der Waals surface area contributed by atoms with Crippen molar-refractivity contribution in [1.82, 2.24) is 0 Å². The minimum Gasteiger partial charge on any atom is -0.201 e. The van der Waals surface area contributed by atoms with E-state index in [2.05, 4.69) is 202 Å². The standard InChI is InChI=1S/C69H66N3/c1-47-18-34-67(71(7)45-47)62-31-24-52(38-49(62)3)20-22-54-41-55(23-21-53-25-32-63(50(4)39-53)68-35-19-48(2)46-72(68)8)43-61(42-54)66-17-13-12-16-65(66)60-30-33-64(51(5)40-60)69-44-59(36-37-70(69)6)58-28-26-57(27-29-58)56-14-10-9-11-15-56/h9-19,24-46H,20-23H2,1-8H3/q+3/i1D3,2D3. The van der Waals surface area contributed by atoms with Crippen LogP contribution in [-0.4, -0.2) is 0 Å². The molecule has 3 aromatic heterocycles. The molecule has 3 heterocycles. The van der Waals surface area contributed by atoms with Gasteiger partial charge in [0.1, 0.15) is 21.1 Å². The van der Waals surface area contributed by atoms with Crippen LogP contribution in [0.2, 0.25) is 0 Å². The molecule has 3 nitrogen and oxygen atoms in total. The quantitative estimate of drug-likeness (QED) is 0.102. The minimum absolute atomic E-state index is 0.327. The highest BCUT2D eigenvalue weighted by Gasteiger charge is 2.19. The summed E-state index contributed by atoms with van der Waals surface area (Å²) in [5, 5.41) is 0. The number of aromatic nitrogens is 3. The van der Waals surface area contributed by atoms with Crippen molar-refractivity contribution in [2.45, 2.75) is 60.2 Å². The molecule has 0 unspecified atom stereocenters.